The maximum Gasteiger partial charge on any atom is 0.294 e. The SMILES string of the molecule is O=C(CN1C(=O)S/C(=C\c2ccccc2)C1=O)Nc1cccc([N+](=O)[O-])c1. The van der Waals surface area contributed by atoms with Gasteiger partial charge in [-0.3, -0.25) is 29.4 Å². The van der Waals surface area contributed by atoms with E-state index >= 15 is 0 Å². The van der Waals surface area contributed by atoms with E-state index in [1.165, 1.54) is 24.3 Å². The Labute approximate surface area is 158 Å². The van der Waals surface area contributed by atoms with Gasteiger partial charge in [-0.1, -0.05) is 36.4 Å². The number of non-ortho nitro benzene ring substituents is 1. The number of hydrogen-bond donors (Lipinski definition) is 1. The molecule has 1 fully saturated rings. The summed E-state index contributed by atoms with van der Waals surface area (Å²) in [5, 5.41) is 12.7. The molecule has 136 valence electrons. The second kappa shape index (κ2) is 7.83. The van der Waals surface area contributed by atoms with Crippen LogP contribution >= 0.6 is 11.8 Å². The van der Waals surface area contributed by atoms with E-state index in [0.29, 0.717) is 0 Å². The van der Waals surface area contributed by atoms with E-state index in [4.69, 9.17) is 0 Å². The largest absolute Gasteiger partial charge is 0.324 e. The number of anilines is 1. The summed E-state index contributed by atoms with van der Waals surface area (Å²) in [7, 11) is 0. The van der Waals surface area contributed by atoms with Crippen LogP contribution in [0.25, 0.3) is 6.08 Å². The number of nitrogens with zero attached hydrogens (tertiary/aromatic N) is 2. The van der Waals surface area contributed by atoms with Crippen LogP contribution in [0.3, 0.4) is 0 Å². The fourth-order valence-electron chi connectivity index (χ4n) is 2.38. The molecule has 1 heterocycles. The molecule has 0 unspecified atom stereocenters. The van der Waals surface area contributed by atoms with Crippen LogP contribution in [0.4, 0.5) is 16.2 Å². The number of carbonyl (C=O) groups excluding carboxylic acids is 3. The van der Waals surface area contributed by atoms with E-state index in [0.717, 1.165) is 22.2 Å². The first-order valence-corrected chi connectivity index (χ1v) is 8.60. The minimum Gasteiger partial charge on any atom is -0.324 e. The van der Waals surface area contributed by atoms with Crippen molar-refractivity contribution < 1.29 is 19.3 Å². The van der Waals surface area contributed by atoms with Gasteiger partial charge in [0.25, 0.3) is 16.8 Å². The molecule has 9 heteroatoms. The monoisotopic (exact) mass is 383 g/mol. The number of thioether (sulfide) groups is 1. The van der Waals surface area contributed by atoms with Gasteiger partial charge < -0.3 is 5.32 Å². The molecule has 0 aromatic heterocycles. The Balaban J connectivity index is 1.68. The van der Waals surface area contributed by atoms with E-state index in [2.05, 4.69) is 5.32 Å². The van der Waals surface area contributed by atoms with Gasteiger partial charge in [0.1, 0.15) is 6.54 Å². The average Bonchev–Trinajstić information content (AvgIpc) is 2.90. The van der Waals surface area contributed by atoms with Crippen LogP contribution in [0.1, 0.15) is 5.56 Å². The third-order valence-electron chi connectivity index (χ3n) is 3.61. The minimum atomic E-state index is -0.626. The molecule has 2 aromatic rings. The lowest BCUT2D eigenvalue weighted by atomic mass is 10.2. The van der Waals surface area contributed by atoms with Gasteiger partial charge >= 0.3 is 0 Å². The number of imide groups is 1. The van der Waals surface area contributed by atoms with Crippen LogP contribution in [-0.4, -0.2) is 33.4 Å². The van der Waals surface area contributed by atoms with Crippen molar-refractivity contribution in [3.8, 4) is 0 Å². The van der Waals surface area contributed by atoms with Crippen molar-refractivity contribution in [1.29, 1.82) is 0 Å². The Bertz CT molecular complexity index is 958. The molecular weight excluding hydrogens is 370 g/mol. The van der Waals surface area contributed by atoms with Crippen LogP contribution in [-0.2, 0) is 9.59 Å². The molecule has 3 amide bonds. The summed E-state index contributed by atoms with van der Waals surface area (Å²) in [6, 6.07) is 14.4. The summed E-state index contributed by atoms with van der Waals surface area (Å²) in [5.41, 5.74) is 0.801. The summed E-state index contributed by atoms with van der Waals surface area (Å²) >= 11 is 0.761. The molecule has 2 aromatic carbocycles. The molecule has 3 rings (SSSR count). The molecule has 1 saturated heterocycles. The Morgan fingerprint density at radius 1 is 1.15 bits per heavy atom. The number of rotatable bonds is 5. The quantitative estimate of drug-likeness (QED) is 0.482. The van der Waals surface area contributed by atoms with E-state index < -0.39 is 28.5 Å². The second-order valence-electron chi connectivity index (χ2n) is 5.53. The molecule has 0 radical (unpaired) electrons. The van der Waals surface area contributed by atoms with Crippen molar-refractivity contribution in [1.82, 2.24) is 4.90 Å². The van der Waals surface area contributed by atoms with Crippen molar-refractivity contribution in [3.63, 3.8) is 0 Å². The van der Waals surface area contributed by atoms with Crippen LogP contribution in [0.5, 0.6) is 0 Å². The summed E-state index contributed by atoms with van der Waals surface area (Å²) < 4.78 is 0. The molecule has 0 aliphatic carbocycles. The number of amides is 3. The highest BCUT2D eigenvalue weighted by molar-refractivity contribution is 8.18. The molecule has 1 aliphatic rings. The first kappa shape index (κ1) is 18.3. The lowest BCUT2D eigenvalue weighted by molar-refractivity contribution is -0.384. The average molecular weight is 383 g/mol. The van der Waals surface area contributed by atoms with Crippen molar-refractivity contribution in [3.05, 3.63) is 75.2 Å². The molecule has 1 aliphatic heterocycles. The highest BCUT2D eigenvalue weighted by Crippen LogP contribution is 2.32. The van der Waals surface area contributed by atoms with Gasteiger partial charge in [0.05, 0.1) is 9.83 Å². The zero-order chi connectivity index (χ0) is 19.4. The van der Waals surface area contributed by atoms with Gasteiger partial charge in [-0.2, -0.15) is 0 Å². The van der Waals surface area contributed by atoms with Crippen molar-refractivity contribution in [2.75, 3.05) is 11.9 Å². The number of nitro benzene ring substituents is 1. The van der Waals surface area contributed by atoms with E-state index in [-0.39, 0.29) is 16.3 Å². The van der Waals surface area contributed by atoms with Gasteiger partial charge in [-0.05, 0) is 29.5 Å². The predicted octanol–water partition coefficient (Wildman–Crippen LogP) is 3.27. The Morgan fingerprint density at radius 3 is 2.59 bits per heavy atom. The molecule has 8 nitrogen and oxygen atoms in total. The fraction of sp³-hybridized carbons (Fsp3) is 0.0556. The van der Waals surface area contributed by atoms with Crippen LogP contribution < -0.4 is 5.32 Å². The zero-order valence-electron chi connectivity index (χ0n) is 13.8. The maximum absolute atomic E-state index is 12.4. The number of nitro groups is 1. The summed E-state index contributed by atoms with van der Waals surface area (Å²) in [5.74, 6) is -1.18. The van der Waals surface area contributed by atoms with Gasteiger partial charge in [0, 0.05) is 17.8 Å². The van der Waals surface area contributed by atoms with Gasteiger partial charge in [0.2, 0.25) is 5.91 Å². The predicted molar refractivity (Wildman–Crippen MR) is 101 cm³/mol. The first-order chi connectivity index (χ1) is 12.9. The van der Waals surface area contributed by atoms with Crippen molar-refractivity contribution >= 4 is 46.3 Å². The molecule has 0 atom stereocenters. The molecule has 27 heavy (non-hydrogen) atoms. The fourth-order valence-corrected chi connectivity index (χ4v) is 3.22. The zero-order valence-corrected chi connectivity index (χ0v) is 14.6. The standard InChI is InChI=1S/C18H13N3O5S/c22-16(19-13-7-4-8-14(10-13)21(25)26)11-20-17(23)15(27-18(20)24)9-12-5-2-1-3-6-12/h1-10H,11H2,(H,19,22)/b15-9-. The molecule has 0 spiro atoms. The van der Waals surface area contributed by atoms with Gasteiger partial charge in [-0.25, -0.2) is 0 Å². The molecule has 0 bridgehead atoms. The highest BCUT2D eigenvalue weighted by atomic mass is 32.2. The number of hydrogen-bond acceptors (Lipinski definition) is 6. The van der Waals surface area contributed by atoms with E-state index in [1.54, 1.807) is 18.2 Å². The lowest BCUT2D eigenvalue weighted by Crippen LogP contribution is -2.36. The Morgan fingerprint density at radius 2 is 1.89 bits per heavy atom. The third kappa shape index (κ3) is 4.39. The van der Waals surface area contributed by atoms with Gasteiger partial charge in [0.15, 0.2) is 0 Å². The first-order valence-electron chi connectivity index (χ1n) is 7.79. The van der Waals surface area contributed by atoms with E-state index in [9.17, 15) is 24.5 Å². The third-order valence-corrected chi connectivity index (χ3v) is 4.52. The molecular formula is C18H13N3O5S. The van der Waals surface area contributed by atoms with Crippen molar-refractivity contribution in [2.45, 2.75) is 0 Å². The summed E-state index contributed by atoms with van der Waals surface area (Å²) in [6.07, 6.45) is 1.59. The maximum atomic E-state index is 12.4. The normalized spacial score (nSPS) is 15.3. The molecule has 0 saturated carbocycles. The molecule has 1 N–H and O–H groups in total. The Kier molecular flexibility index (Phi) is 5.32. The number of carbonyl (C=O) groups is 3. The second-order valence-corrected chi connectivity index (χ2v) is 6.53. The van der Waals surface area contributed by atoms with E-state index in [1.807, 2.05) is 18.2 Å². The number of nitrogens with one attached hydrogen (secondary N) is 1. The number of benzene rings is 2. The lowest BCUT2D eigenvalue weighted by Gasteiger charge is -2.12. The van der Waals surface area contributed by atoms with Crippen LogP contribution in [0.15, 0.2) is 59.5 Å². The highest BCUT2D eigenvalue weighted by Gasteiger charge is 2.36. The van der Waals surface area contributed by atoms with Crippen LogP contribution in [0.2, 0.25) is 0 Å². The van der Waals surface area contributed by atoms with Gasteiger partial charge in [-0.15, -0.1) is 0 Å². The Hall–Kier alpha value is -3.46. The minimum absolute atomic E-state index is 0.176. The van der Waals surface area contributed by atoms with Crippen molar-refractivity contribution in [2.24, 2.45) is 0 Å². The van der Waals surface area contributed by atoms with Crippen LogP contribution in [0, 0.1) is 10.1 Å². The summed E-state index contributed by atoms with van der Waals surface area (Å²) in [6.45, 7) is -0.473. The smallest absolute Gasteiger partial charge is 0.294 e. The summed E-state index contributed by atoms with van der Waals surface area (Å²) in [4.78, 5) is 47.9. The topological polar surface area (TPSA) is 110 Å².